The zero-order valence-corrected chi connectivity index (χ0v) is 6.76. The molecule has 1 saturated carbocycles. The van der Waals surface area contributed by atoms with E-state index in [1.807, 2.05) is 0 Å². The van der Waals surface area contributed by atoms with Gasteiger partial charge in [0.2, 0.25) is 0 Å². The summed E-state index contributed by atoms with van der Waals surface area (Å²) in [6.45, 7) is 0. The lowest BCUT2D eigenvalue weighted by Gasteiger charge is -2.37. The van der Waals surface area contributed by atoms with Gasteiger partial charge in [-0.2, -0.15) is 0 Å². The minimum atomic E-state index is -0.304. The fourth-order valence-electron chi connectivity index (χ4n) is 1.48. The molecule has 12 heavy (non-hydrogen) atoms. The highest BCUT2D eigenvalue weighted by Crippen LogP contribution is 2.37. The minimum absolute atomic E-state index is 0.270. The Hall–Kier alpha value is -0.960. The van der Waals surface area contributed by atoms with Gasteiger partial charge in [0.15, 0.2) is 0 Å². The Morgan fingerprint density at radius 3 is 2.58 bits per heavy atom. The molecule has 0 aliphatic heterocycles. The van der Waals surface area contributed by atoms with Crippen molar-refractivity contribution in [1.29, 1.82) is 0 Å². The van der Waals surface area contributed by atoms with Crippen molar-refractivity contribution in [2.24, 2.45) is 5.73 Å². The van der Waals surface area contributed by atoms with Crippen molar-refractivity contribution in [2.75, 3.05) is 0 Å². The van der Waals surface area contributed by atoms with Gasteiger partial charge in [-0.3, -0.25) is 4.98 Å². The van der Waals surface area contributed by atoms with Gasteiger partial charge in [0.25, 0.3) is 0 Å². The van der Waals surface area contributed by atoms with Crippen LogP contribution in [0.25, 0.3) is 0 Å². The van der Waals surface area contributed by atoms with Crippen molar-refractivity contribution >= 4 is 0 Å². The number of nitrogens with two attached hydrogens (primary N) is 1. The van der Waals surface area contributed by atoms with Gasteiger partial charge in [-0.15, -0.1) is 0 Å². The Kier molecular flexibility index (Phi) is 1.61. The molecular weight excluding hydrogens is 155 g/mol. The first kappa shape index (κ1) is 7.68. The van der Waals surface area contributed by atoms with E-state index in [-0.39, 0.29) is 11.4 Å². The third-order valence-electron chi connectivity index (χ3n) is 2.48. The molecule has 3 heteroatoms. The van der Waals surface area contributed by atoms with Crippen LogP contribution in [-0.4, -0.2) is 4.98 Å². The predicted molar refractivity (Wildman–Crippen MR) is 43.9 cm³/mol. The quantitative estimate of drug-likeness (QED) is 0.687. The fraction of sp³-hybridized carbons (Fsp3) is 0.444. The summed E-state index contributed by atoms with van der Waals surface area (Å²) >= 11 is 0. The normalized spacial score (nSPS) is 20.2. The van der Waals surface area contributed by atoms with Crippen LogP contribution in [0.3, 0.4) is 0 Å². The topological polar surface area (TPSA) is 38.9 Å². The average molecular weight is 166 g/mol. The zero-order chi connectivity index (χ0) is 8.60. The van der Waals surface area contributed by atoms with E-state index in [9.17, 15) is 4.39 Å². The van der Waals surface area contributed by atoms with E-state index in [2.05, 4.69) is 4.98 Å². The van der Waals surface area contributed by atoms with Crippen molar-refractivity contribution in [3.8, 4) is 0 Å². The largest absolute Gasteiger partial charge is 0.320 e. The van der Waals surface area contributed by atoms with Crippen LogP contribution >= 0.6 is 0 Å². The summed E-state index contributed by atoms with van der Waals surface area (Å²) in [6.07, 6.45) is 4.30. The molecule has 0 unspecified atom stereocenters. The second kappa shape index (κ2) is 2.52. The number of pyridine rings is 1. The first-order valence-electron chi connectivity index (χ1n) is 4.12. The van der Waals surface area contributed by atoms with Gasteiger partial charge in [-0.25, -0.2) is 4.39 Å². The fourth-order valence-corrected chi connectivity index (χ4v) is 1.48. The maximum Gasteiger partial charge on any atom is 0.141 e. The van der Waals surface area contributed by atoms with E-state index in [0.717, 1.165) is 25.0 Å². The molecule has 0 saturated heterocycles. The van der Waals surface area contributed by atoms with Gasteiger partial charge in [0.1, 0.15) is 5.82 Å². The second-order valence-electron chi connectivity index (χ2n) is 3.37. The van der Waals surface area contributed by atoms with E-state index in [0.29, 0.717) is 0 Å². The highest BCUT2D eigenvalue weighted by atomic mass is 19.1. The molecule has 2 N–H and O–H groups in total. The third kappa shape index (κ3) is 1.10. The summed E-state index contributed by atoms with van der Waals surface area (Å²) in [5.41, 5.74) is 6.53. The number of rotatable bonds is 1. The van der Waals surface area contributed by atoms with Gasteiger partial charge in [0, 0.05) is 0 Å². The molecule has 1 fully saturated rings. The number of nitrogens with zero attached hydrogens (tertiary/aromatic N) is 1. The van der Waals surface area contributed by atoms with Crippen LogP contribution in [0, 0.1) is 5.82 Å². The minimum Gasteiger partial charge on any atom is -0.320 e. The van der Waals surface area contributed by atoms with Crippen molar-refractivity contribution < 1.29 is 4.39 Å². The summed E-state index contributed by atoms with van der Waals surface area (Å²) in [7, 11) is 0. The molecule has 1 aliphatic carbocycles. The van der Waals surface area contributed by atoms with Crippen molar-refractivity contribution in [3.05, 3.63) is 29.8 Å². The molecular formula is C9H11FN2. The number of hydrogen-bond acceptors (Lipinski definition) is 2. The molecule has 2 nitrogen and oxygen atoms in total. The lowest BCUT2D eigenvalue weighted by Crippen LogP contribution is -2.43. The van der Waals surface area contributed by atoms with Crippen LogP contribution in [0.1, 0.15) is 25.0 Å². The molecule has 0 aromatic carbocycles. The van der Waals surface area contributed by atoms with Crippen LogP contribution in [0.2, 0.25) is 0 Å². The monoisotopic (exact) mass is 166 g/mol. The number of halogens is 1. The smallest absolute Gasteiger partial charge is 0.141 e. The van der Waals surface area contributed by atoms with E-state index >= 15 is 0 Å². The van der Waals surface area contributed by atoms with Crippen LogP contribution in [0.15, 0.2) is 18.3 Å². The van der Waals surface area contributed by atoms with Crippen LogP contribution in [0.4, 0.5) is 4.39 Å². The van der Waals surface area contributed by atoms with Crippen LogP contribution in [0.5, 0.6) is 0 Å². The zero-order valence-electron chi connectivity index (χ0n) is 6.76. The Bertz CT molecular complexity index is 277. The summed E-state index contributed by atoms with van der Waals surface area (Å²) < 4.78 is 12.5. The molecule has 1 heterocycles. The number of aromatic nitrogens is 1. The molecule has 2 rings (SSSR count). The number of hydrogen-bond donors (Lipinski definition) is 1. The molecule has 0 bridgehead atoms. The summed E-state index contributed by atoms with van der Waals surface area (Å²) in [5, 5.41) is 0. The summed E-state index contributed by atoms with van der Waals surface area (Å²) in [5.74, 6) is -0.304. The van der Waals surface area contributed by atoms with Gasteiger partial charge in [-0.1, -0.05) is 0 Å². The van der Waals surface area contributed by atoms with Crippen LogP contribution in [-0.2, 0) is 5.54 Å². The first-order valence-corrected chi connectivity index (χ1v) is 4.12. The van der Waals surface area contributed by atoms with Gasteiger partial charge < -0.3 is 5.73 Å². The standard InChI is InChI=1S/C9H11FN2/c10-7-2-3-8(12-6-7)9(11)4-1-5-9/h2-3,6H,1,4-5,11H2. The summed E-state index contributed by atoms with van der Waals surface area (Å²) in [6, 6.07) is 3.09. The molecule has 64 valence electrons. The lowest BCUT2D eigenvalue weighted by molar-refractivity contribution is 0.246. The van der Waals surface area contributed by atoms with Gasteiger partial charge in [0.05, 0.1) is 17.4 Å². The molecule has 0 radical (unpaired) electrons. The Morgan fingerprint density at radius 1 is 1.42 bits per heavy atom. The van der Waals surface area contributed by atoms with Crippen molar-refractivity contribution in [2.45, 2.75) is 24.8 Å². The maximum atomic E-state index is 12.5. The maximum absolute atomic E-state index is 12.5. The van der Waals surface area contributed by atoms with E-state index in [1.54, 1.807) is 6.07 Å². The SMILES string of the molecule is NC1(c2ccc(F)cn2)CCC1. The predicted octanol–water partition coefficient (Wildman–Crippen LogP) is 1.56. The molecule has 0 atom stereocenters. The van der Waals surface area contributed by atoms with Gasteiger partial charge >= 0.3 is 0 Å². The van der Waals surface area contributed by atoms with E-state index in [1.165, 1.54) is 12.3 Å². The lowest BCUT2D eigenvalue weighted by atomic mass is 9.75. The third-order valence-corrected chi connectivity index (χ3v) is 2.48. The summed E-state index contributed by atoms with van der Waals surface area (Å²) in [4.78, 5) is 3.97. The molecule has 1 aromatic rings. The highest BCUT2D eigenvalue weighted by Gasteiger charge is 2.35. The molecule has 0 spiro atoms. The molecule has 1 aliphatic rings. The molecule has 0 amide bonds. The first-order chi connectivity index (χ1) is 5.71. The van der Waals surface area contributed by atoms with Crippen molar-refractivity contribution in [3.63, 3.8) is 0 Å². The second-order valence-corrected chi connectivity index (χ2v) is 3.37. The van der Waals surface area contributed by atoms with Gasteiger partial charge in [-0.05, 0) is 31.4 Å². The van der Waals surface area contributed by atoms with E-state index in [4.69, 9.17) is 5.73 Å². The Morgan fingerprint density at radius 2 is 2.17 bits per heavy atom. The molecule has 1 aromatic heterocycles. The Balaban J connectivity index is 2.28. The Labute approximate surface area is 70.6 Å². The average Bonchev–Trinajstić information content (AvgIpc) is 2.02. The van der Waals surface area contributed by atoms with E-state index < -0.39 is 0 Å². The highest BCUT2D eigenvalue weighted by molar-refractivity contribution is 5.18. The van der Waals surface area contributed by atoms with Crippen molar-refractivity contribution in [1.82, 2.24) is 4.98 Å². The van der Waals surface area contributed by atoms with Crippen LogP contribution < -0.4 is 5.73 Å².